The van der Waals surface area contributed by atoms with Gasteiger partial charge in [-0.3, -0.25) is 9.59 Å². The van der Waals surface area contributed by atoms with E-state index in [1.54, 1.807) is 0 Å². The van der Waals surface area contributed by atoms with Gasteiger partial charge in [0.05, 0.1) is 5.41 Å². The minimum Gasteiger partial charge on any atom is -0.375 e. The van der Waals surface area contributed by atoms with E-state index >= 15 is 0 Å². The molecule has 154 valence electrons. The fraction of sp³-hybridized carbons (Fsp3) is 0.417. The highest BCUT2D eigenvalue weighted by molar-refractivity contribution is 5.95. The molecule has 5 heteroatoms. The molecule has 0 saturated carbocycles. The van der Waals surface area contributed by atoms with E-state index in [0.717, 1.165) is 25.8 Å². The monoisotopic (exact) mass is 393 g/mol. The third-order valence-corrected chi connectivity index (χ3v) is 5.71. The normalized spacial score (nSPS) is 18.9. The van der Waals surface area contributed by atoms with Gasteiger partial charge in [0.2, 0.25) is 5.91 Å². The van der Waals surface area contributed by atoms with Crippen LogP contribution < -0.4 is 10.2 Å². The SMILES string of the molecule is CN(CCCNC(=O)[C@]1(C)CCCN(C(=O)c2ccccc2)C1)c1ccccc1. The lowest BCUT2D eigenvalue weighted by Gasteiger charge is -2.39. The lowest BCUT2D eigenvalue weighted by molar-refractivity contribution is -0.132. The van der Waals surface area contributed by atoms with Crippen LogP contribution in [0.5, 0.6) is 0 Å². The van der Waals surface area contributed by atoms with Crippen LogP contribution >= 0.6 is 0 Å². The van der Waals surface area contributed by atoms with E-state index < -0.39 is 5.41 Å². The summed E-state index contributed by atoms with van der Waals surface area (Å²) in [5.74, 6) is 0.0548. The van der Waals surface area contributed by atoms with Gasteiger partial charge in [-0.25, -0.2) is 0 Å². The van der Waals surface area contributed by atoms with Crippen molar-refractivity contribution in [3.8, 4) is 0 Å². The second-order valence-corrected chi connectivity index (χ2v) is 8.12. The number of para-hydroxylation sites is 1. The van der Waals surface area contributed by atoms with Gasteiger partial charge in [-0.15, -0.1) is 0 Å². The molecule has 2 aromatic carbocycles. The molecule has 5 nitrogen and oxygen atoms in total. The number of nitrogens with zero attached hydrogens (tertiary/aromatic N) is 2. The van der Waals surface area contributed by atoms with Crippen molar-refractivity contribution < 1.29 is 9.59 Å². The molecule has 0 spiro atoms. The lowest BCUT2D eigenvalue weighted by atomic mass is 9.80. The summed E-state index contributed by atoms with van der Waals surface area (Å²) in [5, 5.41) is 3.10. The molecule has 1 saturated heterocycles. The molecule has 0 aliphatic carbocycles. The molecular weight excluding hydrogens is 362 g/mol. The lowest BCUT2D eigenvalue weighted by Crippen LogP contribution is -2.52. The number of nitrogens with one attached hydrogen (secondary N) is 1. The first-order chi connectivity index (χ1) is 14.0. The first-order valence-electron chi connectivity index (χ1n) is 10.4. The quantitative estimate of drug-likeness (QED) is 0.732. The third-order valence-electron chi connectivity index (χ3n) is 5.71. The maximum Gasteiger partial charge on any atom is 0.253 e. The number of likely N-dealkylation sites (tertiary alicyclic amines) is 1. The number of benzene rings is 2. The van der Waals surface area contributed by atoms with E-state index in [1.807, 2.05) is 60.4 Å². The van der Waals surface area contributed by atoms with E-state index in [4.69, 9.17) is 0 Å². The van der Waals surface area contributed by atoms with E-state index in [9.17, 15) is 9.59 Å². The molecule has 1 aliphatic heterocycles. The van der Waals surface area contributed by atoms with Crippen LogP contribution in [0.2, 0.25) is 0 Å². The highest BCUT2D eigenvalue weighted by atomic mass is 16.2. The van der Waals surface area contributed by atoms with Crippen molar-refractivity contribution in [2.24, 2.45) is 5.41 Å². The van der Waals surface area contributed by atoms with Crippen molar-refractivity contribution in [2.75, 3.05) is 38.1 Å². The number of hydrogen-bond acceptors (Lipinski definition) is 3. The third kappa shape index (κ3) is 5.37. The largest absolute Gasteiger partial charge is 0.375 e. The molecule has 1 atom stereocenters. The Morgan fingerprint density at radius 3 is 2.41 bits per heavy atom. The van der Waals surface area contributed by atoms with Crippen molar-refractivity contribution in [1.82, 2.24) is 10.2 Å². The fourth-order valence-corrected chi connectivity index (χ4v) is 3.90. The van der Waals surface area contributed by atoms with E-state index in [-0.39, 0.29) is 11.8 Å². The summed E-state index contributed by atoms with van der Waals surface area (Å²) in [6.07, 6.45) is 2.53. The van der Waals surface area contributed by atoms with Gasteiger partial charge in [0.25, 0.3) is 5.91 Å². The smallest absolute Gasteiger partial charge is 0.253 e. The van der Waals surface area contributed by atoms with Gasteiger partial charge in [0.15, 0.2) is 0 Å². The summed E-state index contributed by atoms with van der Waals surface area (Å²) in [7, 11) is 2.06. The van der Waals surface area contributed by atoms with Crippen molar-refractivity contribution in [3.63, 3.8) is 0 Å². The highest BCUT2D eigenvalue weighted by Gasteiger charge is 2.39. The van der Waals surface area contributed by atoms with Crippen LogP contribution in [0.25, 0.3) is 0 Å². The summed E-state index contributed by atoms with van der Waals surface area (Å²) in [5.41, 5.74) is 1.32. The number of anilines is 1. The molecule has 0 unspecified atom stereocenters. The number of carbonyl (C=O) groups is 2. The number of amides is 2. The summed E-state index contributed by atoms with van der Waals surface area (Å²) in [6.45, 7) is 4.66. The van der Waals surface area contributed by atoms with Gasteiger partial charge in [-0.1, -0.05) is 36.4 Å². The molecule has 29 heavy (non-hydrogen) atoms. The molecule has 1 heterocycles. The maximum absolute atomic E-state index is 12.9. The Morgan fingerprint density at radius 1 is 1.07 bits per heavy atom. The molecule has 2 amide bonds. The van der Waals surface area contributed by atoms with Crippen LogP contribution in [0.1, 0.15) is 36.5 Å². The van der Waals surface area contributed by atoms with Gasteiger partial charge < -0.3 is 15.1 Å². The molecule has 3 rings (SSSR count). The van der Waals surface area contributed by atoms with Crippen molar-refractivity contribution in [2.45, 2.75) is 26.2 Å². The Bertz CT molecular complexity index is 809. The number of rotatable bonds is 7. The summed E-state index contributed by atoms with van der Waals surface area (Å²) in [6, 6.07) is 19.5. The maximum atomic E-state index is 12.9. The zero-order chi connectivity index (χ0) is 20.7. The zero-order valence-corrected chi connectivity index (χ0v) is 17.4. The van der Waals surface area contributed by atoms with Gasteiger partial charge in [-0.2, -0.15) is 0 Å². The zero-order valence-electron chi connectivity index (χ0n) is 17.4. The first-order valence-corrected chi connectivity index (χ1v) is 10.4. The molecule has 0 aromatic heterocycles. The Balaban J connectivity index is 1.48. The average Bonchev–Trinajstić information content (AvgIpc) is 2.77. The number of carbonyl (C=O) groups excluding carboxylic acids is 2. The molecule has 1 aliphatic rings. The van der Waals surface area contributed by atoms with Crippen LogP contribution in [-0.2, 0) is 4.79 Å². The molecule has 1 N–H and O–H groups in total. The molecule has 1 fully saturated rings. The molecule has 2 aromatic rings. The minimum atomic E-state index is -0.534. The summed E-state index contributed by atoms with van der Waals surface area (Å²) >= 11 is 0. The van der Waals surface area contributed by atoms with E-state index in [1.165, 1.54) is 5.69 Å². The number of hydrogen-bond donors (Lipinski definition) is 1. The van der Waals surface area contributed by atoms with Crippen LogP contribution in [0.4, 0.5) is 5.69 Å². The summed E-state index contributed by atoms with van der Waals surface area (Å²) in [4.78, 5) is 29.7. The van der Waals surface area contributed by atoms with Gasteiger partial charge in [0.1, 0.15) is 0 Å². The Hall–Kier alpha value is -2.82. The topological polar surface area (TPSA) is 52.7 Å². The molecular formula is C24H31N3O2. The number of piperidine rings is 1. The van der Waals surface area contributed by atoms with Crippen LogP contribution in [0, 0.1) is 5.41 Å². The van der Waals surface area contributed by atoms with Gasteiger partial charge >= 0.3 is 0 Å². The predicted octanol–water partition coefficient (Wildman–Crippen LogP) is 3.57. The van der Waals surface area contributed by atoms with E-state index in [0.29, 0.717) is 25.2 Å². The fourth-order valence-electron chi connectivity index (χ4n) is 3.90. The Kier molecular flexibility index (Phi) is 6.91. The van der Waals surface area contributed by atoms with Gasteiger partial charge in [-0.05, 0) is 50.5 Å². The second-order valence-electron chi connectivity index (χ2n) is 8.12. The van der Waals surface area contributed by atoms with Crippen molar-refractivity contribution >= 4 is 17.5 Å². The van der Waals surface area contributed by atoms with Crippen LogP contribution in [-0.4, -0.2) is 49.9 Å². The molecule has 0 bridgehead atoms. The van der Waals surface area contributed by atoms with Crippen LogP contribution in [0.15, 0.2) is 60.7 Å². The van der Waals surface area contributed by atoms with E-state index in [2.05, 4.69) is 29.4 Å². The molecule has 0 radical (unpaired) electrons. The minimum absolute atomic E-state index is 0.00816. The standard InChI is InChI=1S/C24H31N3O2/c1-24(15-9-18-27(19-24)22(28)20-11-5-3-6-12-20)23(29)25-16-10-17-26(2)21-13-7-4-8-14-21/h3-8,11-14H,9-10,15-19H2,1-2H3,(H,25,29)/t24-/m1/s1. The van der Waals surface area contributed by atoms with Crippen LogP contribution in [0.3, 0.4) is 0 Å². The van der Waals surface area contributed by atoms with Crippen molar-refractivity contribution in [3.05, 3.63) is 66.2 Å². The first kappa shape index (κ1) is 20.9. The predicted molar refractivity (Wildman–Crippen MR) is 117 cm³/mol. The average molecular weight is 394 g/mol. The Labute approximate surface area is 173 Å². The highest BCUT2D eigenvalue weighted by Crippen LogP contribution is 2.30. The summed E-state index contributed by atoms with van der Waals surface area (Å²) < 4.78 is 0. The Morgan fingerprint density at radius 2 is 1.72 bits per heavy atom. The van der Waals surface area contributed by atoms with Gasteiger partial charge in [0, 0.05) is 44.5 Å². The second kappa shape index (κ2) is 9.59. The van der Waals surface area contributed by atoms with Crippen molar-refractivity contribution in [1.29, 1.82) is 0 Å².